The van der Waals surface area contributed by atoms with Crippen LogP contribution in [0, 0.1) is 5.92 Å². The summed E-state index contributed by atoms with van der Waals surface area (Å²) in [5.74, 6) is 0.440. The Bertz CT molecular complexity index is 44.7. The van der Waals surface area contributed by atoms with Gasteiger partial charge in [0.15, 0.2) is 4.30 Å². The standard InChI is InChI=1S/C4H10O.CHCl3/c1-4(2)3-5;2-1(3)4/h4-5H,3H2,1-2H3;1H. The summed E-state index contributed by atoms with van der Waals surface area (Å²) in [6.45, 7) is 4.25. The smallest absolute Gasteiger partial charge is 0.180 e. The Morgan fingerprint density at radius 2 is 1.33 bits per heavy atom. The van der Waals surface area contributed by atoms with Crippen LogP contribution < -0.4 is 0 Å². The van der Waals surface area contributed by atoms with Crippen molar-refractivity contribution in [3.8, 4) is 0 Å². The van der Waals surface area contributed by atoms with Crippen molar-refractivity contribution in [3.05, 3.63) is 0 Å². The van der Waals surface area contributed by atoms with Crippen LogP contribution in [0.1, 0.15) is 13.8 Å². The third kappa shape index (κ3) is 51.4. The van der Waals surface area contributed by atoms with Gasteiger partial charge in [0, 0.05) is 6.61 Å². The van der Waals surface area contributed by atoms with E-state index in [1.807, 2.05) is 13.8 Å². The molecule has 0 aliphatic carbocycles. The lowest BCUT2D eigenvalue weighted by Crippen LogP contribution is -1.90. The van der Waals surface area contributed by atoms with Crippen molar-refractivity contribution in [3.63, 3.8) is 0 Å². The molecular formula is C5H11Cl3O. The third-order valence-electron chi connectivity index (χ3n) is 0.365. The van der Waals surface area contributed by atoms with Gasteiger partial charge in [-0.1, -0.05) is 48.7 Å². The van der Waals surface area contributed by atoms with Crippen LogP contribution in [-0.2, 0) is 0 Å². The number of aliphatic hydroxyl groups is 1. The van der Waals surface area contributed by atoms with Crippen LogP contribution in [0.2, 0.25) is 0 Å². The van der Waals surface area contributed by atoms with E-state index >= 15 is 0 Å². The molecular weight excluding hydrogens is 182 g/mol. The van der Waals surface area contributed by atoms with E-state index in [-0.39, 0.29) is 0 Å². The molecule has 0 saturated heterocycles. The molecule has 58 valence electrons. The normalized spacial score (nSPS) is 9.33. The van der Waals surface area contributed by atoms with Crippen molar-refractivity contribution in [2.45, 2.75) is 18.1 Å². The Hall–Kier alpha value is 0.830. The van der Waals surface area contributed by atoms with E-state index in [1.54, 1.807) is 0 Å². The van der Waals surface area contributed by atoms with Crippen LogP contribution in [0.15, 0.2) is 0 Å². The van der Waals surface area contributed by atoms with Crippen LogP contribution in [0.5, 0.6) is 0 Å². The predicted molar refractivity (Wildman–Crippen MR) is 43.3 cm³/mol. The van der Waals surface area contributed by atoms with Crippen LogP contribution in [0.3, 0.4) is 0 Å². The number of hydrogen-bond donors (Lipinski definition) is 1. The average molecular weight is 194 g/mol. The highest BCUT2D eigenvalue weighted by atomic mass is 35.6. The van der Waals surface area contributed by atoms with E-state index in [2.05, 4.69) is 0 Å². The van der Waals surface area contributed by atoms with Gasteiger partial charge in [-0.15, -0.1) is 0 Å². The lowest BCUT2D eigenvalue weighted by Gasteiger charge is -1.90. The topological polar surface area (TPSA) is 20.2 Å². The van der Waals surface area contributed by atoms with E-state index in [1.165, 1.54) is 0 Å². The van der Waals surface area contributed by atoms with Gasteiger partial charge in [-0.2, -0.15) is 0 Å². The molecule has 1 nitrogen and oxygen atoms in total. The fraction of sp³-hybridized carbons (Fsp3) is 1.00. The molecule has 0 atom stereocenters. The second kappa shape index (κ2) is 8.83. The van der Waals surface area contributed by atoms with Gasteiger partial charge in [0.05, 0.1) is 0 Å². The van der Waals surface area contributed by atoms with E-state index in [9.17, 15) is 0 Å². The zero-order chi connectivity index (χ0) is 7.86. The minimum Gasteiger partial charge on any atom is -0.396 e. The molecule has 0 aliphatic rings. The molecule has 1 N–H and O–H groups in total. The van der Waals surface area contributed by atoms with Crippen LogP contribution in [0.25, 0.3) is 0 Å². The third-order valence-corrected chi connectivity index (χ3v) is 0.365. The monoisotopic (exact) mass is 192 g/mol. The summed E-state index contributed by atoms with van der Waals surface area (Å²) in [5.41, 5.74) is 0. The van der Waals surface area contributed by atoms with Gasteiger partial charge in [-0.05, 0) is 5.92 Å². The average Bonchev–Trinajstić information content (AvgIpc) is 1.65. The quantitative estimate of drug-likeness (QED) is 0.635. The summed E-state index contributed by atoms with van der Waals surface area (Å²) in [6.07, 6.45) is 0. The molecule has 0 aromatic carbocycles. The number of halogens is 3. The highest BCUT2D eigenvalue weighted by Gasteiger charge is 1.81. The zero-order valence-corrected chi connectivity index (χ0v) is 7.71. The summed E-state index contributed by atoms with van der Waals surface area (Å²) in [6, 6.07) is 0. The first kappa shape index (κ1) is 12.5. The molecule has 0 unspecified atom stereocenters. The molecule has 0 bridgehead atoms. The molecule has 0 radical (unpaired) electrons. The van der Waals surface area contributed by atoms with Crippen LogP contribution in [0.4, 0.5) is 0 Å². The molecule has 0 aromatic heterocycles. The molecule has 0 aliphatic heterocycles. The van der Waals surface area contributed by atoms with Gasteiger partial charge < -0.3 is 5.11 Å². The first-order valence-electron chi connectivity index (χ1n) is 2.53. The van der Waals surface area contributed by atoms with Gasteiger partial charge in [-0.3, -0.25) is 0 Å². The number of rotatable bonds is 1. The second-order valence-electron chi connectivity index (χ2n) is 1.82. The number of hydrogen-bond acceptors (Lipinski definition) is 1. The Balaban J connectivity index is 0. The van der Waals surface area contributed by atoms with Crippen molar-refractivity contribution >= 4 is 34.8 Å². The Morgan fingerprint density at radius 3 is 1.33 bits per heavy atom. The van der Waals surface area contributed by atoms with E-state index in [4.69, 9.17) is 39.9 Å². The fourth-order valence-corrected chi connectivity index (χ4v) is 0. The van der Waals surface area contributed by atoms with E-state index in [0.717, 1.165) is 0 Å². The van der Waals surface area contributed by atoms with Crippen LogP contribution in [-0.4, -0.2) is 16.0 Å². The summed E-state index contributed by atoms with van der Waals surface area (Å²) >= 11 is 14.4. The molecule has 0 spiro atoms. The van der Waals surface area contributed by atoms with Crippen LogP contribution >= 0.6 is 34.8 Å². The molecule has 0 amide bonds. The highest BCUT2D eigenvalue weighted by molar-refractivity contribution is 6.63. The largest absolute Gasteiger partial charge is 0.396 e. The first-order chi connectivity index (χ1) is 4.00. The van der Waals surface area contributed by atoms with E-state index in [0.29, 0.717) is 12.5 Å². The Labute approximate surface area is 70.9 Å². The number of alkyl halides is 3. The first-order valence-corrected chi connectivity index (χ1v) is 3.84. The second-order valence-corrected chi connectivity index (χ2v) is 3.80. The number of aliphatic hydroxyl groups excluding tert-OH is 1. The van der Waals surface area contributed by atoms with Crippen molar-refractivity contribution < 1.29 is 5.11 Å². The fourth-order valence-electron chi connectivity index (χ4n) is 0. The molecule has 0 saturated carbocycles. The molecule has 0 aromatic rings. The predicted octanol–water partition coefficient (Wildman–Crippen LogP) is 2.62. The van der Waals surface area contributed by atoms with Gasteiger partial charge >= 0.3 is 0 Å². The SMILES string of the molecule is CC(C)CO.ClC(Cl)Cl. The van der Waals surface area contributed by atoms with Gasteiger partial charge in [0.1, 0.15) is 0 Å². The van der Waals surface area contributed by atoms with Crippen molar-refractivity contribution in [2.24, 2.45) is 5.92 Å². The Kier molecular flexibility index (Phi) is 12.3. The zero-order valence-electron chi connectivity index (χ0n) is 5.44. The highest BCUT2D eigenvalue weighted by Crippen LogP contribution is 2.03. The van der Waals surface area contributed by atoms with Crippen molar-refractivity contribution in [2.75, 3.05) is 6.61 Å². The Morgan fingerprint density at radius 1 is 1.22 bits per heavy atom. The molecule has 4 heteroatoms. The minimum absolute atomic E-state index is 0.306. The summed E-state index contributed by atoms with van der Waals surface area (Å²) in [4.78, 5) is 0. The lowest BCUT2D eigenvalue weighted by molar-refractivity contribution is 0.248. The maximum atomic E-state index is 8.14. The van der Waals surface area contributed by atoms with Gasteiger partial charge in [0.2, 0.25) is 0 Å². The molecule has 0 rings (SSSR count). The summed E-state index contributed by atoms with van der Waals surface area (Å²) in [7, 11) is 0. The van der Waals surface area contributed by atoms with Gasteiger partial charge in [0.25, 0.3) is 0 Å². The van der Waals surface area contributed by atoms with Crippen molar-refractivity contribution in [1.82, 2.24) is 0 Å². The lowest BCUT2D eigenvalue weighted by atomic mass is 10.2. The summed E-state index contributed by atoms with van der Waals surface area (Å²) in [5, 5.41) is 8.14. The minimum atomic E-state index is -0.750. The van der Waals surface area contributed by atoms with Gasteiger partial charge in [-0.25, -0.2) is 0 Å². The summed E-state index contributed by atoms with van der Waals surface area (Å²) < 4.78 is -0.750. The molecule has 9 heavy (non-hydrogen) atoms. The molecule has 0 heterocycles. The van der Waals surface area contributed by atoms with Crippen molar-refractivity contribution in [1.29, 1.82) is 0 Å². The molecule has 0 fully saturated rings. The maximum Gasteiger partial charge on any atom is 0.180 e. The van der Waals surface area contributed by atoms with E-state index < -0.39 is 4.30 Å². The maximum absolute atomic E-state index is 8.14.